The second kappa shape index (κ2) is 9.53. The number of hydrogen-bond donors (Lipinski definition) is 4. The third-order valence-corrected chi connectivity index (χ3v) is 5.81. The van der Waals surface area contributed by atoms with Gasteiger partial charge in [-0.05, 0) is 43.8 Å². The average Bonchev–Trinajstić information content (AvgIpc) is 3.13. The Morgan fingerprint density at radius 2 is 2.17 bits per heavy atom. The summed E-state index contributed by atoms with van der Waals surface area (Å²) in [5, 5.41) is 27.6. The van der Waals surface area contributed by atoms with Crippen molar-refractivity contribution >= 4 is 5.97 Å². The van der Waals surface area contributed by atoms with E-state index in [9.17, 15) is 15.0 Å². The molecular formula is C21H32N4O5. The molecule has 1 aromatic heterocycles. The van der Waals surface area contributed by atoms with Gasteiger partial charge in [-0.3, -0.25) is 4.68 Å². The minimum Gasteiger partial charge on any atom is -0.491 e. The van der Waals surface area contributed by atoms with E-state index in [-0.39, 0.29) is 19.1 Å². The largest absolute Gasteiger partial charge is 0.491 e. The van der Waals surface area contributed by atoms with Crippen LogP contribution in [0.1, 0.15) is 39.0 Å². The molecule has 0 bridgehead atoms. The van der Waals surface area contributed by atoms with Crippen LogP contribution in [0.5, 0.6) is 5.75 Å². The highest BCUT2D eigenvalue weighted by atomic mass is 16.5. The van der Waals surface area contributed by atoms with Crippen molar-refractivity contribution in [3.8, 4) is 5.75 Å². The molecule has 0 radical (unpaired) electrons. The van der Waals surface area contributed by atoms with Crippen molar-refractivity contribution in [1.82, 2.24) is 15.1 Å². The molecule has 30 heavy (non-hydrogen) atoms. The van der Waals surface area contributed by atoms with Gasteiger partial charge in [0.1, 0.15) is 12.4 Å². The van der Waals surface area contributed by atoms with Crippen molar-refractivity contribution < 1.29 is 24.5 Å². The van der Waals surface area contributed by atoms with Gasteiger partial charge in [0.25, 0.3) is 0 Å². The smallest absolute Gasteiger partial charge is 0.337 e. The summed E-state index contributed by atoms with van der Waals surface area (Å²) in [7, 11) is 1.74. The maximum absolute atomic E-state index is 11.9. The number of aliphatic carboxylic acids is 1. The second-order valence-corrected chi connectivity index (χ2v) is 8.38. The van der Waals surface area contributed by atoms with Crippen molar-refractivity contribution in [2.24, 2.45) is 18.7 Å². The summed E-state index contributed by atoms with van der Waals surface area (Å²) < 4.78 is 13.1. The number of rotatable bonds is 9. The van der Waals surface area contributed by atoms with Gasteiger partial charge in [0.2, 0.25) is 0 Å². The van der Waals surface area contributed by atoms with E-state index in [0.717, 1.165) is 31.6 Å². The molecule has 1 unspecified atom stereocenters. The molecule has 9 nitrogen and oxygen atoms in total. The van der Waals surface area contributed by atoms with E-state index >= 15 is 0 Å². The summed E-state index contributed by atoms with van der Waals surface area (Å²) in [5.74, 6) is 0.484. The molecule has 1 saturated carbocycles. The maximum atomic E-state index is 11.9. The second-order valence-electron chi connectivity index (χ2n) is 8.38. The fourth-order valence-corrected chi connectivity index (χ4v) is 3.82. The zero-order chi connectivity index (χ0) is 21.7. The van der Waals surface area contributed by atoms with Crippen molar-refractivity contribution in [1.29, 1.82) is 0 Å². The highest BCUT2D eigenvalue weighted by molar-refractivity contribution is 5.78. The molecule has 3 atom stereocenters. The number of nitrogens with one attached hydrogen (secondary N) is 1. The lowest BCUT2D eigenvalue weighted by Gasteiger charge is -2.33. The number of nitrogens with zero attached hydrogens (tertiary/aromatic N) is 2. The number of aryl methyl sites for hydroxylation is 1. The molecule has 0 spiro atoms. The lowest BCUT2D eigenvalue weighted by atomic mass is 9.87. The van der Waals surface area contributed by atoms with E-state index in [4.69, 9.17) is 15.2 Å². The van der Waals surface area contributed by atoms with Gasteiger partial charge in [-0.1, -0.05) is 6.92 Å². The molecule has 0 saturated heterocycles. The molecule has 1 aromatic rings. The van der Waals surface area contributed by atoms with Crippen LogP contribution in [0.25, 0.3) is 0 Å². The number of allylic oxidation sites excluding steroid dienone is 1. The van der Waals surface area contributed by atoms with Crippen molar-refractivity contribution in [2.75, 3.05) is 6.61 Å². The summed E-state index contributed by atoms with van der Waals surface area (Å²) in [6.07, 6.45) is 12.8. The van der Waals surface area contributed by atoms with E-state index in [2.05, 4.69) is 17.3 Å². The Hall–Kier alpha value is -2.52. The molecular weight excluding hydrogens is 388 g/mol. The summed E-state index contributed by atoms with van der Waals surface area (Å²) in [6.45, 7) is 2.09. The van der Waals surface area contributed by atoms with E-state index in [0.29, 0.717) is 11.5 Å². The predicted octanol–water partition coefficient (Wildman–Crippen LogP) is 1.30. The van der Waals surface area contributed by atoms with Crippen LogP contribution in [0.2, 0.25) is 0 Å². The number of nitrogens with two attached hydrogens (primary N) is 1. The Balaban J connectivity index is 1.60. The highest BCUT2D eigenvalue weighted by Crippen LogP contribution is 2.28. The Kier molecular flexibility index (Phi) is 7.04. The molecule has 3 rings (SSSR count). The van der Waals surface area contributed by atoms with Crippen LogP contribution in [0.3, 0.4) is 0 Å². The number of dihydropyridines is 1. The lowest BCUT2D eigenvalue weighted by Crippen LogP contribution is -2.59. The van der Waals surface area contributed by atoms with E-state index in [1.807, 2.05) is 6.08 Å². The van der Waals surface area contributed by atoms with Gasteiger partial charge in [0.15, 0.2) is 11.4 Å². The number of carboxylic acid groups (broad SMARTS) is 1. The molecule has 9 heteroatoms. The Labute approximate surface area is 176 Å². The summed E-state index contributed by atoms with van der Waals surface area (Å²) >= 11 is 0. The fourth-order valence-electron chi connectivity index (χ4n) is 3.82. The van der Waals surface area contributed by atoms with E-state index < -0.39 is 23.7 Å². The molecule has 166 valence electrons. The average molecular weight is 421 g/mol. The number of ether oxygens (including phenoxy) is 2. The first kappa shape index (κ1) is 22.2. The molecule has 1 aliphatic heterocycles. The fraction of sp³-hybridized carbons (Fsp3) is 0.619. The summed E-state index contributed by atoms with van der Waals surface area (Å²) in [4.78, 5) is 11.9. The highest BCUT2D eigenvalue weighted by Gasteiger charge is 2.44. The van der Waals surface area contributed by atoms with Crippen LogP contribution in [-0.2, 0) is 16.6 Å². The first-order valence-corrected chi connectivity index (χ1v) is 10.4. The van der Waals surface area contributed by atoms with Crippen LogP contribution in [0.4, 0.5) is 0 Å². The molecule has 1 aliphatic carbocycles. The Morgan fingerprint density at radius 1 is 1.43 bits per heavy atom. The molecule has 2 heterocycles. The van der Waals surface area contributed by atoms with Gasteiger partial charge in [-0.15, -0.1) is 0 Å². The predicted molar refractivity (Wildman–Crippen MR) is 111 cm³/mol. The Morgan fingerprint density at radius 3 is 2.80 bits per heavy atom. The minimum atomic E-state index is -2.17. The normalized spacial score (nSPS) is 26.8. The molecule has 2 aliphatic rings. The van der Waals surface area contributed by atoms with Crippen molar-refractivity contribution in [3.63, 3.8) is 0 Å². The first-order chi connectivity index (χ1) is 14.3. The van der Waals surface area contributed by atoms with Crippen LogP contribution in [-0.4, -0.2) is 56.4 Å². The van der Waals surface area contributed by atoms with Gasteiger partial charge >= 0.3 is 5.97 Å². The monoisotopic (exact) mass is 420 g/mol. The number of aromatic nitrogens is 2. The molecule has 0 aromatic carbocycles. The maximum Gasteiger partial charge on any atom is 0.337 e. The zero-order valence-electron chi connectivity index (χ0n) is 17.5. The Bertz CT molecular complexity index is 784. The van der Waals surface area contributed by atoms with Crippen LogP contribution in [0, 0.1) is 5.92 Å². The van der Waals surface area contributed by atoms with Crippen molar-refractivity contribution in [3.05, 3.63) is 36.5 Å². The number of carboxylic acids is 1. The summed E-state index contributed by atoms with van der Waals surface area (Å²) in [5.41, 5.74) is 3.87. The van der Waals surface area contributed by atoms with Crippen LogP contribution in [0.15, 0.2) is 36.5 Å². The lowest BCUT2D eigenvalue weighted by molar-refractivity contribution is -0.163. The van der Waals surface area contributed by atoms with Gasteiger partial charge in [-0.25, -0.2) is 4.79 Å². The molecule has 1 fully saturated rings. The van der Waals surface area contributed by atoms with Gasteiger partial charge < -0.3 is 30.7 Å². The minimum absolute atomic E-state index is 0.126. The molecule has 5 N–H and O–H groups in total. The number of aliphatic hydroxyl groups is 1. The molecule has 0 amide bonds. The quantitative estimate of drug-likeness (QED) is 0.470. The van der Waals surface area contributed by atoms with Crippen LogP contribution >= 0.6 is 0 Å². The van der Waals surface area contributed by atoms with Crippen LogP contribution < -0.4 is 15.8 Å². The summed E-state index contributed by atoms with van der Waals surface area (Å²) in [6, 6.07) is -1.57. The SMILES string of the molecule is Cn1cc(OC[C@H](N)[C@](O)(CC2C=C(O[C@H]3CC[C@H](C)CC3)C=CN2)C(=O)O)cn1. The first-order valence-electron chi connectivity index (χ1n) is 10.4. The van der Waals surface area contributed by atoms with E-state index in [1.165, 1.54) is 6.20 Å². The van der Waals surface area contributed by atoms with Crippen molar-refractivity contribution in [2.45, 2.75) is 62.8 Å². The van der Waals surface area contributed by atoms with Gasteiger partial charge in [-0.2, -0.15) is 5.10 Å². The standard InChI is InChI=1S/C21H32N4O5/c1-14-3-5-16(6-4-14)30-17-7-8-23-15(9-17)10-21(28,20(26)27)19(22)13-29-18-11-24-25(2)12-18/h7-9,11-12,14-16,19,23,28H,3-6,10,13,22H2,1-2H3,(H,26,27)/t14-,15?,16-,19-,21+/m0/s1. The third kappa shape index (κ3) is 5.54. The third-order valence-electron chi connectivity index (χ3n) is 5.81. The van der Waals surface area contributed by atoms with Gasteiger partial charge in [0, 0.05) is 19.7 Å². The number of carbonyl (C=O) groups is 1. The topological polar surface area (TPSA) is 132 Å². The zero-order valence-corrected chi connectivity index (χ0v) is 17.5. The van der Waals surface area contributed by atoms with Gasteiger partial charge in [0.05, 0.1) is 30.6 Å². The number of hydrogen-bond acceptors (Lipinski definition) is 7. The van der Waals surface area contributed by atoms with E-state index in [1.54, 1.807) is 30.2 Å².